The van der Waals surface area contributed by atoms with Crippen LogP contribution in [0.25, 0.3) is 0 Å². The Morgan fingerprint density at radius 1 is 1.22 bits per heavy atom. The van der Waals surface area contributed by atoms with Crippen LogP contribution in [0.2, 0.25) is 0 Å². The monoisotopic (exact) mass is 254 g/mol. The van der Waals surface area contributed by atoms with Gasteiger partial charge in [0.05, 0.1) is 0 Å². The van der Waals surface area contributed by atoms with Crippen molar-refractivity contribution in [1.29, 1.82) is 0 Å². The molecule has 2 nitrogen and oxygen atoms in total. The number of ether oxygens (including phenoxy) is 1. The minimum atomic E-state index is -0.220. The van der Waals surface area contributed by atoms with Gasteiger partial charge in [-0.3, -0.25) is 0 Å². The number of benzene rings is 1. The van der Waals surface area contributed by atoms with E-state index in [-0.39, 0.29) is 18.3 Å². The molecular formula is C15H23FO2. The van der Waals surface area contributed by atoms with Gasteiger partial charge in [0.15, 0.2) is 0 Å². The third-order valence-corrected chi connectivity index (χ3v) is 3.01. The van der Waals surface area contributed by atoms with Gasteiger partial charge in [-0.2, -0.15) is 0 Å². The van der Waals surface area contributed by atoms with Crippen molar-refractivity contribution in [2.45, 2.75) is 32.6 Å². The maximum atomic E-state index is 12.8. The molecule has 0 spiro atoms. The summed E-state index contributed by atoms with van der Waals surface area (Å²) in [6.07, 6.45) is 3.84. The zero-order valence-corrected chi connectivity index (χ0v) is 11.1. The van der Waals surface area contributed by atoms with Gasteiger partial charge in [-0.1, -0.05) is 25.5 Å². The van der Waals surface area contributed by atoms with Crippen LogP contribution in [0, 0.1) is 11.7 Å². The van der Waals surface area contributed by atoms with E-state index >= 15 is 0 Å². The largest absolute Gasteiger partial charge is 0.396 e. The van der Waals surface area contributed by atoms with E-state index in [4.69, 9.17) is 4.74 Å². The van der Waals surface area contributed by atoms with E-state index in [1.807, 2.05) is 0 Å². The van der Waals surface area contributed by atoms with Crippen LogP contribution in [0.4, 0.5) is 4.39 Å². The first-order valence-corrected chi connectivity index (χ1v) is 6.69. The van der Waals surface area contributed by atoms with Crippen LogP contribution >= 0.6 is 0 Å². The summed E-state index contributed by atoms with van der Waals surface area (Å²) in [5.74, 6) is -0.0284. The molecule has 1 aromatic carbocycles. The number of aliphatic hydroxyl groups is 1. The Morgan fingerprint density at radius 2 is 1.94 bits per heavy atom. The third kappa shape index (κ3) is 6.12. The smallest absolute Gasteiger partial charge is 0.123 e. The molecule has 1 unspecified atom stereocenters. The van der Waals surface area contributed by atoms with Crippen molar-refractivity contribution in [1.82, 2.24) is 0 Å². The van der Waals surface area contributed by atoms with Gasteiger partial charge in [-0.15, -0.1) is 0 Å². The maximum absolute atomic E-state index is 12.8. The molecule has 3 heteroatoms. The number of rotatable bonds is 9. The van der Waals surface area contributed by atoms with E-state index in [1.54, 1.807) is 12.1 Å². The van der Waals surface area contributed by atoms with Gasteiger partial charge < -0.3 is 9.84 Å². The van der Waals surface area contributed by atoms with Crippen molar-refractivity contribution >= 4 is 0 Å². The lowest BCUT2D eigenvalue weighted by atomic mass is 9.97. The minimum absolute atomic E-state index is 0.147. The standard InChI is InChI=1S/C15H23FO2/c1-2-3-9-18-10-8-14(12-17)11-13-4-6-15(16)7-5-13/h4-7,14,17H,2-3,8-12H2,1H3. The van der Waals surface area contributed by atoms with Crippen LogP contribution in [0.3, 0.4) is 0 Å². The number of halogens is 1. The number of hydrogen-bond acceptors (Lipinski definition) is 2. The normalized spacial score (nSPS) is 12.6. The van der Waals surface area contributed by atoms with Gasteiger partial charge in [0.2, 0.25) is 0 Å². The highest BCUT2D eigenvalue weighted by atomic mass is 19.1. The lowest BCUT2D eigenvalue weighted by molar-refractivity contribution is 0.104. The number of hydrogen-bond donors (Lipinski definition) is 1. The van der Waals surface area contributed by atoms with Gasteiger partial charge in [0.1, 0.15) is 5.82 Å². The molecule has 0 aliphatic carbocycles. The first-order valence-electron chi connectivity index (χ1n) is 6.69. The Morgan fingerprint density at radius 3 is 2.56 bits per heavy atom. The highest BCUT2D eigenvalue weighted by Gasteiger charge is 2.08. The van der Waals surface area contributed by atoms with Gasteiger partial charge in [-0.25, -0.2) is 4.39 Å². The maximum Gasteiger partial charge on any atom is 0.123 e. The fourth-order valence-electron chi connectivity index (χ4n) is 1.81. The molecule has 1 rings (SSSR count). The first kappa shape index (κ1) is 15.1. The molecule has 0 radical (unpaired) electrons. The third-order valence-electron chi connectivity index (χ3n) is 3.01. The molecule has 0 fully saturated rings. The average molecular weight is 254 g/mol. The fourth-order valence-corrected chi connectivity index (χ4v) is 1.81. The molecule has 0 aliphatic heterocycles. The second-order valence-corrected chi connectivity index (χ2v) is 4.63. The van der Waals surface area contributed by atoms with Gasteiger partial charge in [0, 0.05) is 19.8 Å². The lowest BCUT2D eigenvalue weighted by Crippen LogP contribution is -2.13. The van der Waals surface area contributed by atoms with E-state index in [0.29, 0.717) is 6.61 Å². The summed E-state index contributed by atoms with van der Waals surface area (Å²) >= 11 is 0. The summed E-state index contributed by atoms with van der Waals surface area (Å²) < 4.78 is 18.2. The van der Waals surface area contributed by atoms with E-state index < -0.39 is 0 Å². The molecule has 0 saturated heterocycles. The van der Waals surface area contributed by atoms with Crippen molar-refractivity contribution in [3.63, 3.8) is 0 Å². The molecule has 0 aliphatic rings. The van der Waals surface area contributed by atoms with E-state index in [2.05, 4.69) is 6.92 Å². The van der Waals surface area contributed by atoms with E-state index in [1.165, 1.54) is 12.1 Å². The molecule has 0 bridgehead atoms. The van der Waals surface area contributed by atoms with Crippen molar-refractivity contribution in [3.05, 3.63) is 35.6 Å². The van der Waals surface area contributed by atoms with Crippen LogP contribution in [0.1, 0.15) is 31.7 Å². The van der Waals surface area contributed by atoms with Crippen LogP contribution in [0.15, 0.2) is 24.3 Å². The first-order chi connectivity index (χ1) is 8.76. The van der Waals surface area contributed by atoms with E-state index in [9.17, 15) is 9.50 Å². The zero-order valence-electron chi connectivity index (χ0n) is 11.1. The Labute approximate surface area is 109 Å². The van der Waals surface area contributed by atoms with E-state index in [0.717, 1.165) is 37.9 Å². The summed E-state index contributed by atoms with van der Waals surface area (Å²) in [5, 5.41) is 9.32. The van der Waals surface area contributed by atoms with Crippen molar-refractivity contribution in [3.8, 4) is 0 Å². The summed E-state index contributed by atoms with van der Waals surface area (Å²) in [5.41, 5.74) is 1.06. The summed E-state index contributed by atoms with van der Waals surface area (Å²) in [6, 6.07) is 6.47. The Hall–Kier alpha value is -0.930. The molecule has 102 valence electrons. The molecule has 18 heavy (non-hydrogen) atoms. The predicted molar refractivity (Wildman–Crippen MR) is 71.0 cm³/mol. The highest BCUT2D eigenvalue weighted by Crippen LogP contribution is 2.13. The molecular weight excluding hydrogens is 231 g/mol. The average Bonchev–Trinajstić information content (AvgIpc) is 2.39. The van der Waals surface area contributed by atoms with Crippen LogP contribution in [-0.4, -0.2) is 24.9 Å². The molecule has 1 atom stereocenters. The lowest BCUT2D eigenvalue weighted by Gasteiger charge is -2.14. The second-order valence-electron chi connectivity index (χ2n) is 4.63. The van der Waals surface area contributed by atoms with Gasteiger partial charge in [-0.05, 0) is 42.9 Å². The highest BCUT2D eigenvalue weighted by molar-refractivity contribution is 5.16. The molecule has 0 heterocycles. The molecule has 0 amide bonds. The van der Waals surface area contributed by atoms with Crippen LogP contribution in [-0.2, 0) is 11.2 Å². The van der Waals surface area contributed by atoms with Crippen molar-refractivity contribution < 1.29 is 14.2 Å². The number of aliphatic hydroxyl groups excluding tert-OH is 1. The Balaban J connectivity index is 2.26. The van der Waals surface area contributed by atoms with Crippen molar-refractivity contribution in [2.75, 3.05) is 19.8 Å². The summed E-state index contributed by atoms with van der Waals surface area (Å²) in [6.45, 7) is 3.76. The fraction of sp³-hybridized carbons (Fsp3) is 0.600. The van der Waals surface area contributed by atoms with Gasteiger partial charge >= 0.3 is 0 Å². The molecule has 0 aromatic heterocycles. The quantitative estimate of drug-likeness (QED) is 0.686. The Kier molecular flexibility index (Phi) is 7.62. The van der Waals surface area contributed by atoms with Crippen LogP contribution in [0.5, 0.6) is 0 Å². The SMILES string of the molecule is CCCCOCCC(CO)Cc1ccc(F)cc1. The molecule has 1 N–H and O–H groups in total. The summed E-state index contributed by atoms with van der Waals surface area (Å²) in [4.78, 5) is 0. The predicted octanol–water partition coefficient (Wildman–Crippen LogP) is 3.18. The molecule has 1 aromatic rings. The topological polar surface area (TPSA) is 29.5 Å². The van der Waals surface area contributed by atoms with Crippen LogP contribution < -0.4 is 0 Å². The van der Waals surface area contributed by atoms with Gasteiger partial charge in [0.25, 0.3) is 0 Å². The zero-order chi connectivity index (χ0) is 13.2. The summed E-state index contributed by atoms with van der Waals surface area (Å²) in [7, 11) is 0. The van der Waals surface area contributed by atoms with Crippen molar-refractivity contribution in [2.24, 2.45) is 5.92 Å². The molecule has 0 saturated carbocycles. The Bertz CT molecular complexity index is 311. The second kappa shape index (κ2) is 9.06. The number of unbranched alkanes of at least 4 members (excludes halogenated alkanes) is 1. The minimum Gasteiger partial charge on any atom is -0.396 e.